The standard InChI is InChI=1S/C17H16N2O3/c1-21-13-8-6-12(7-9-13)17(20)19-15-5-3-2-4-14(15)16-10-11-18-22-16/h2-9,11,16H,10H2,1H3,(H,19,20). The molecular weight excluding hydrogens is 280 g/mol. The Morgan fingerprint density at radius 1 is 1.23 bits per heavy atom. The molecule has 0 bridgehead atoms. The van der Waals surface area contributed by atoms with E-state index in [-0.39, 0.29) is 12.0 Å². The van der Waals surface area contributed by atoms with Crippen LogP contribution in [0.1, 0.15) is 28.4 Å². The number of carbonyl (C=O) groups excluding carboxylic acids is 1. The molecule has 1 unspecified atom stereocenters. The molecular formula is C17H16N2O3. The first-order chi connectivity index (χ1) is 10.8. The van der Waals surface area contributed by atoms with Crippen molar-refractivity contribution in [2.75, 3.05) is 12.4 Å². The Balaban J connectivity index is 1.78. The zero-order chi connectivity index (χ0) is 15.4. The molecule has 1 aliphatic rings. The summed E-state index contributed by atoms with van der Waals surface area (Å²) < 4.78 is 5.09. The van der Waals surface area contributed by atoms with E-state index in [1.807, 2.05) is 24.3 Å². The van der Waals surface area contributed by atoms with Gasteiger partial charge < -0.3 is 14.9 Å². The second-order valence-electron chi connectivity index (χ2n) is 4.89. The van der Waals surface area contributed by atoms with Crippen molar-refractivity contribution in [3.05, 3.63) is 59.7 Å². The van der Waals surface area contributed by atoms with Crippen molar-refractivity contribution >= 4 is 17.8 Å². The lowest BCUT2D eigenvalue weighted by molar-refractivity contribution is 0.0861. The molecule has 3 rings (SSSR count). The monoisotopic (exact) mass is 296 g/mol. The van der Waals surface area contributed by atoms with Crippen molar-refractivity contribution in [1.29, 1.82) is 0 Å². The number of methoxy groups -OCH3 is 1. The smallest absolute Gasteiger partial charge is 0.255 e. The third-order valence-corrected chi connectivity index (χ3v) is 3.49. The van der Waals surface area contributed by atoms with E-state index in [1.165, 1.54) is 0 Å². The highest BCUT2D eigenvalue weighted by molar-refractivity contribution is 6.04. The normalized spacial score (nSPS) is 16.1. The Kier molecular flexibility index (Phi) is 4.05. The van der Waals surface area contributed by atoms with E-state index in [2.05, 4.69) is 10.5 Å². The van der Waals surface area contributed by atoms with Crippen molar-refractivity contribution < 1.29 is 14.4 Å². The number of anilines is 1. The van der Waals surface area contributed by atoms with E-state index in [0.717, 1.165) is 11.3 Å². The Hall–Kier alpha value is -2.82. The second kappa shape index (κ2) is 6.30. The van der Waals surface area contributed by atoms with Crippen molar-refractivity contribution in [1.82, 2.24) is 0 Å². The number of ether oxygens (including phenoxy) is 1. The molecule has 0 aromatic heterocycles. The van der Waals surface area contributed by atoms with Gasteiger partial charge in [0.15, 0.2) is 6.10 Å². The highest BCUT2D eigenvalue weighted by Gasteiger charge is 2.20. The largest absolute Gasteiger partial charge is 0.497 e. The molecule has 5 nitrogen and oxygen atoms in total. The summed E-state index contributed by atoms with van der Waals surface area (Å²) in [5.74, 6) is 0.544. The zero-order valence-electron chi connectivity index (χ0n) is 12.2. The van der Waals surface area contributed by atoms with Gasteiger partial charge in [-0.2, -0.15) is 0 Å². The molecule has 1 amide bonds. The molecule has 1 N–H and O–H groups in total. The molecule has 0 saturated heterocycles. The molecule has 2 aromatic rings. The van der Waals surface area contributed by atoms with Gasteiger partial charge in [0, 0.05) is 29.4 Å². The first-order valence-corrected chi connectivity index (χ1v) is 7.00. The van der Waals surface area contributed by atoms with Crippen LogP contribution in [0.15, 0.2) is 53.7 Å². The van der Waals surface area contributed by atoms with E-state index in [9.17, 15) is 4.79 Å². The molecule has 0 fully saturated rings. The van der Waals surface area contributed by atoms with Crippen LogP contribution in [-0.2, 0) is 4.84 Å². The lowest BCUT2D eigenvalue weighted by atomic mass is 10.0. The number of benzene rings is 2. The van der Waals surface area contributed by atoms with E-state index in [4.69, 9.17) is 9.57 Å². The molecule has 1 atom stereocenters. The lowest BCUT2D eigenvalue weighted by Gasteiger charge is -2.14. The fourth-order valence-corrected chi connectivity index (χ4v) is 2.31. The number of nitrogens with one attached hydrogen (secondary N) is 1. The Labute approximate surface area is 128 Å². The lowest BCUT2D eigenvalue weighted by Crippen LogP contribution is -2.14. The Bertz CT molecular complexity index is 687. The maximum Gasteiger partial charge on any atom is 0.255 e. The minimum Gasteiger partial charge on any atom is -0.497 e. The highest BCUT2D eigenvalue weighted by atomic mass is 16.6. The SMILES string of the molecule is COc1ccc(C(=O)Nc2ccccc2C2CC=NO2)cc1. The summed E-state index contributed by atoms with van der Waals surface area (Å²) in [7, 11) is 1.59. The number of nitrogens with zero attached hydrogens (tertiary/aromatic N) is 1. The number of para-hydroxylation sites is 1. The molecule has 0 spiro atoms. The molecule has 22 heavy (non-hydrogen) atoms. The summed E-state index contributed by atoms with van der Waals surface area (Å²) in [6.07, 6.45) is 2.29. The third kappa shape index (κ3) is 2.93. The van der Waals surface area contributed by atoms with Crippen LogP contribution >= 0.6 is 0 Å². The van der Waals surface area contributed by atoms with Crippen LogP contribution in [0.3, 0.4) is 0 Å². The number of rotatable bonds is 4. The zero-order valence-corrected chi connectivity index (χ0v) is 12.2. The van der Waals surface area contributed by atoms with Crippen LogP contribution in [0.25, 0.3) is 0 Å². The van der Waals surface area contributed by atoms with Crippen molar-refractivity contribution in [2.24, 2.45) is 5.16 Å². The van der Waals surface area contributed by atoms with Crippen LogP contribution in [0, 0.1) is 0 Å². The number of carbonyl (C=O) groups is 1. The molecule has 112 valence electrons. The molecule has 0 aliphatic carbocycles. The van der Waals surface area contributed by atoms with Crippen molar-refractivity contribution in [2.45, 2.75) is 12.5 Å². The summed E-state index contributed by atoms with van der Waals surface area (Å²) >= 11 is 0. The fraction of sp³-hybridized carbons (Fsp3) is 0.176. The fourth-order valence-electron chi connectivity index (χ4n) is 2.31. The number of amides is 1. The van der Waals surface area contributed by atoms with E-state index >= 15 is 0 Å². The highest BCUT2D eigenvalue weighted by Crippen LogP contribution is 2.30. The van der Waals surface area contributed by atoms with Gasteiger partial charge in [-0.1, -0.05) is 23.4 Å². The van der Waals surface area contributed by atoms with Gasteiger partial charge in [-0.3, -0.25) is 4.79 Å². The maximum absolute atomic E-state index is 12.4. The number of hydrogen-bond donors (Lipinski definition) is 1. The van der Waals surface area contributed by atoms with Crippen molar-refractivity contribution in [3.63, 3.8) is 0 Å². The first-order valence-electron chi connectivity index (χ1n) is 7.00. The summed E-state index contributed by atoms with van der Waals surface area (Å²) in [4.78, 5) is 17.7. The van der Waals surface area contributed by atoms with Gasteiger partial charge in [0.05, 0.1) is 7.11 Å². The van der Waals surface area contributed by atoms with Gasteiger partial charge >= 0.3 is 0 Å². The summed E-state index contributed by atoms with van der Waals surface area (Å²) in [5, 5.41) is 6.71. The molecule has 0 saturated carbocycles. The van der Waals surface area contributed by atoms with E-state index < -0.39 is 0 Å². The van der Waals surface area contributed by atoms with Crippen LogP contribution in [0.4, 0.5) is 5.69 Å². The summed E-state index contributed by atoms with van der Waals surface area (Å²) in [6.45, 7) is 0. The predicted octanol–water partition coefficient (Wildman–Crippen LogP) is 3.39. The topological polar surface area (TPSA) is 59.9 Å². The van der Waals surface area contributed by atoms with Crippen LogP contribution in [0.2, 0.25) is 0 Å². The van der Waals surface area contributed by atoms with Gasteiger partial charge in [-0.15, -0.1) is 0 Å². The molecule has 5 heteroatoms. The number of oxime groups is 1. The maximum atomic E-state index is 12.4. The van der Waals surface area contributed by atoms with Crippen LogP contribution in [-0.4, -0.2) is 19.2 Å². The van der Waals surface area contributed by atoms with Crippen LogP contribution in [0.5, 0.6) is 5.75 Å². The second-order valence-corrected chi connectivity index (χ2v) is 4.89. The molecule has 1 aliphatic heterocycles. The van der Waals surface area contributed by atoms with Crippen molar-refractivity contribution in [3.8, 4) is 5.75 Å². The summed E-state index contributed by atoms with van der Waals surface area (Å²) in [6, 6.07) is 14.6. The Morgan fingerprint density at radius 3 is 2.68 bits per heavy atom. The van der Waals surface area contributed by atoms with E-state index in [1.54, 1.807) is 37.6 Å². The number of hydrogen-bond acceptors (Lipinski definition) is 4. The average molecular weight is 296 g/mol. The minimum absolute atomic E-state index is 0.146. The van der Waals surface area contributed by atoms with E-state index in [0.29, 0.717) is 17.7 Å². The average Bonchev–Trinajstić information content (AvgIpc) is 3.10. The van der Waals surface area contributed by atoms with Crippen LogP contribution < -0.4 is 10.1 Å². The van der Waals surface area contributed by atoms with Gasteiger partial charge in [0.1, 0.15) is 5.75 Å². The quantitative estimate of drug-likeness (QED) is 0.940. The third-order valence-electron chi connectivity index (χ3n) is 3.49. The molecule has 2 aromatic carbocycles. The molecule has 1 heterocycles. The predicted molar refractivity (Wildman–Crippen MR) is 84.3 cm³/mol. The summed E-state index contributed by atoms with van der Waals surface area (Å²) in [5.41, 5.74) is 2.22. The van der Waals surface area contributed by atoms with Gasteiger partial charge in [-0.25, -0.2) is 0 Å². The van der Waals surface area contributed by atoms with Gasteiger partial charge in [0.2, 0.25) is 0 Å². The van der Waals surface area contributed by atoms with Gasteiger partial charge in [0.25, 0.3) is 5.91 Å². The Morgan fingerprint density at radius 2 is 2.00 bits per heavy atom. The van der Waals surface area contributed by atoms with Gasteiger partial charge in [-0.05, 0) is 30.3 Å². The first kappa shape index (κ1) is 14.1. The minimum atomic E-state index is -0.172. The molecule has 0 radical (unpaired) electrons.